The molecule has 3 amide bonds. The molecule has 2 bridgehead atoms. The second kappa shape index (κ2) is 10.5. The Morgan fingerprint density at radius 3 is 2.40 bits per heavy atom. The van der Waals surface area contributed by atoms with E-state index in [0.717, 1.165) is 37.7 Å². The zero-order chi connectivity index (χ0) is 28.0. The number of likely N-dealkylation sites (tertiary alicyclic amines) is 1. The van der Waals surface area contributed by atoms with Crippen LogP contribution in [-0.4, -0.2) is 46.4 Å². The number of benzene rings is 2. The summed E-state index contributed by atoms with van der Waals surface area (Å²) >= 11 is 0. The molecular formula is C32H36FN3O4. The number of hydrogen-bond acceptors (Lipinski definition) is 4. The SMILES string of the molecule is CC(C)c1ccc(NC(=O)C2[C@H]3C=CC4(O3)C(C(=O)NC3CCCCC3)N(Cc3ccc(F)cc3)C(=O)[C@@H]24)cc1. The van der Waals surface area contributed by atoms with Gasteiger partial charge in [-0.15, -0.1) is 0 Å². The lowest BCUT2D eigenvalue weighted by atomic mass is 9.74. The van der Waals surface area contributed by atoms with Crippen molar-refractivity contribution >= 4 is 23.4 Å². The van der Waals surface area contributed by atoms with E-state index in [1.807, 2.05) is 36.4 Å². The van der Waals surface area contributed by atoms with E-state index in [1.165, 1.54) is 17.0 Å². The van der Waals surface area contributed by atoms with Gasteiger partial charge in [0, 0.05) is 18.3 Å². The van der Waals surface area contributed by atoms with Gasteiger partial charge in [0.05, 0.1) is 17.9 Å². The fourth-order valence-electron chi connectivity index (χ4n) is 6.93. The fraction of sp³-hybridized carbons (Fsp3) is 0.469. The zero-order valence-electron chi connectivity index (χ0n) is 22.9. The highest BCUT2D eigenvalue weighted by atomic mass is 19.1. The predicted molar refractivity (Wildman–Crippen MR) is 149 cm³/mol. The average Bonchev–Trinajstić information content (AvgIpc) is 3.58. The third kappa shape index (κ3) is 4.62. The van der Waals surface area contributed by atoms with Gasteiger partial charge in [0.15, 0.2) is 0 Å². The van der Waals surface area contributed by atoms with Crippen molar-refractivity contribution in [3.63, 3.8) is 0 Å². The van der Waals surface area contributed by atoms with E-state index in [4.69, 9.17) is 4.74 Å². The average molecular weight is 546 g/mol. The molecule has 0 aromatic heterocycles. The number of hydrogen-bond donors (Lipinski definition) is 2. The maximum absolute atomic E-state index is 14.1. The maximum Gasteiger partial charge on any atom is 0.246 e. The van der Waals surface area contributed by atoms with Crippen LogP contribution < -0.4 is 10.6 Å². The molecule has 40 heavy (non-hydrogen) atoms. The zero-order valence-corrected chi connectivity index (χ0v) is 22.9. The van der Waals surface area contributed by atoms with Gasteiger partial charge in [0.1, 0.15) is 17.5 Å². The van der Waals surface area contributed by atoms with E-state index in [0.29, 0.717) is 17.2 Å². The molecule has 210 valence electrons. The number of rotatable bonds is 7. The molecule has 6 rings (SSSR count). The third-order valence-corrected chi connectivity index (χ3v) is 8.99. The van der Waals surface area contributed by atoms with Crippen LogP contribution in [0.1, 0.15) is 63.0 Å². The summed E-state index contributed by atoms with van der Waals surface area (Å²) in [5, 5.41) is 6.17. The van der Waals surface area contributed by atoms with E-state index in [1.54, 1.807) is 12.1 Å². The van der Waals surface area contributed by atoms with Gasteiger partial charge in [-0.05, 0) is 54.2 Å². The Balaban J connectivity index is 1.30. The van der Waals surface area contributed by atoms with Crippen molar-refractivity contribution in [1.82, 2.24) is 10.2 Å². The van der Waals surface area contributed by atoms with Crippen molar-refractivity contribution in [2.75, 3.05) is 5.32 Å². The predicted octanol–water partition coefficient (Wildman–Crippen LogP) is 4.69. The number of nitrogens with one attached hydrogen (secondary N) is 2. The number of fused-ring (bicyclic) bond motifs is 1. The number of amides is 3. The molecule has 2 aromatic carbocycles. The highest BCUT2D eigenvalue weighted by Gasteiger charge is 2.72. The van der Waals surface area contributed by atoms with Crippen LogP contribution in [0.4, 0.5) is 10.1 Å². The molecule has 8 heteroatoms. The van der Waals surface area contributed by atoms with Crippen LogP contribution in [0, 0.1) is 17.7 Å². The van der Waals surface area contributed by atoms with Crippen LogP contribution in [0.15, 0.2) is 60.7 Å². The highest BCUT2D eigenvalue weighted by molar-refractivity contribution is 6.02. The summed E-state index contributed by atoms with van der Waals surface area (Å²) in [6.07, 6.45) is 8.11. The Bertz CT molecular complexity index is 1320. The molecule has 1 aliphatic carbocycles. The molecule has 3 heterocycles. The van der Waals surface area contributed by atoms with Gasteiger partial charge in [-0.25, -0.2) is 4.39 Å². The Kier molecular flexibility index (Phi) is 6.98. The number of ether oxygens (including phenoxy) is 1. The van der Waals surface area contributed by atoms with Crippen molar-refractivity contribution < 1.29 is 23.5 Å². The van der Waals surface area contributed by atoms with Crippen LogP contribution in [0.25, 0.3) is 0 Å². The molecule has 7 nitrogen and oxygen atoms in total. The van der Waals surface area contributed by atoms with Crippen molar-refractivity contribution in [3.05, 3.63) is 77.6 Å². The second-order valence-electron chi connectivity index (χ2n) is 11.9. The molecule has 5 atom stereocenters. The topological polar surface area (TPSA) is 87.7 Å². The largest absolute Gasteiger partial charge is 0.359 e. The van der Waals surface area contributed by atoms with Gasteiger partial charge < -0.3 is 20.3 Å². The molecule has 3 fully saturated rings. The van der Waals surface area contributed by atoms with E-state index < -0.39 is 29.6 Å². The maximum atomic E-state index is 14.1. The summed E-state index contributed by atoms with van der Waals surface area (Å²) in [7, 11) is 0. The lowest BCUT2D eigenvalue weighted by Crippen LogP contribution is -2.56. The lowest BCUT2D eigenvalue weighted by Gasteiger charge is -2.34. The molecule has 2 N–H and O–H groups in total. The van der Waals surface area contributed by atoms with Crippen LogP contribution in [0.2, 0.25) is 0 Å². The van der Waals surface area contributed by atoms with Gasteiger partial charge >= 0.3 is 0 Å². The first-order chi connectivity index (χ1) is 19.3. The summed E-state index contributed by atoms with van der Waals surface area (Å²) in [6, 6.07) is 12.7. The number of nitrogens with zero attached hydrogens (tertiary/aromatic N) is 1. The Hall–Kier alpha value is -3.52. The smallest absolute Gasteiger partial charge is 0.246 e. The minimum atomic E-state index is -1.23. The van der Waals surface area contributed by atoms with Gasteiger partial charge in [-0.2, -0.15) is 0 Å². The van der Waals surface area contributed by atoms with Crippen LogP contribution in [-0.2, 0) is 25.7 Å². The second-order valence-corrected chi connectivity index (χ2v) is 11.9. The minimum Gasteiger partial charge on any atom is -0.359 e. The molecule has 1 saturated carbocycles. The van der Waals surface area contributed by atoms with Crippen LogP contribution in [0.5, 0.6) is 0 Å². The normalized spacial score (nSPS) is 29.2. The van der Waals surface area contributed by atoms with Crippen molar-refractivity contribution in [2.45, 2.75) is 82.2 Å². The first-order valence-corrected chi connectivity index (χ1v) is 14.4. The quantitative estimate of drug-likeness (QED) is 0.495. The lowest BCUT2D eigenvalue weighted by molar-refractivity contribution is -0.142. The Morgan fingerprint density at radius 2 is 1.73 bits per heavy atom. The Labute approximate surface area is 234 Å². The summed E-state index contributed by atoms with van der Waals surface area (Å²) in [5.41, 5.74) is 1.28. The van der Waals surface area contributed by atoms with E-state index >= 15 is 0 Å². The number of anilines is 1. The molecule has 4 aliphatic rings. The molecular weight excluding hydrogens is 509 g/mol. The Morgan fingerprint density at radius 1 is 1.02 bits per heavy atom. The first kappa shape index (κ1) is 26.7. The summed E-state index contributed by atoms with van der Waals surface area (Å²) in [5.74, 6) is -2.47. The summed E-state index contributed by atoms with van der Waals surface area (Å²) < 4.78 is 20.0. The standard InChI is InChI=1S/C32H36FN3O4/c1-19(2)21-10-14-24(15-11-21)34-29(37)26-25-16-17-32(40-25)27(26)31(39)36(18-20-8-12-22(33)13-9-20)28(32)30(38)35-23-6-4-3-5-7-23/h8-17,19,23,25-28H,3-7,18H2,1-2H3,(H,34,37)(H,35,38)/t25-,26?,27-,28?,32?/m1/s1. The van der Waals surface area contributed by atoms with E-state index in [9.17, 15) is 18.8 Å². The van der Waals surface area contributed by atoms with Gasteiger partial charge in [-0.3, -0.25) is 14.4 Å². The monoisotopic (exact) mass is 545 g/mol. The van der Waals surface area contributed by atoms with E-state index in [-0.39, 0.29) is 36.1 Å². The molecule has 1 spiro atoms. The van der Waals surface area contributed by atoms with Gasteiger partial charge in [0.25, 0.3) is 0 Å². The van der Waals surface area contributed by atoms with Gasteiger partial charge in [-0.1, -0.05) is 69.5 Å². The first-order valence-electron chi connectivity index (χ1n) is 14.4. The van der Waals surface area contributed by atoms with Crippen LogP contribution in [0.3, 0.4) is 0 Å². The molecule has 0 radical (unpaired) electrons. The number of carbonyl (C=O) groups is 3. The fourth-order valence-corrected chi connectivity index (χ4v) is 6.93. The molecule has 2 aromatic rings. The van der Waals surface area contributed by atoms with Crippen LogP contribution >= 0.6 is 0 Å². The number of halogens is 1. The van der Waals surface area contributed by atoms with Crippen molar-refractivity contribution in [1.29, 1.82) is 0 Å². The number of carbonyl (C=O) groups excluding carboxylic acids is 3. The summed E-state index contributed by atoms with van der Waals surface area (Å²) in [4.78, 5) is 43.2. The third-order valence-electron chi connectivity index (χ3n) is 8.99. The van der Waals surface area contributed by atoms with Crippen molar-refractivity contribution in [2.24, 2.45) is 11.8 Å². The molecule has 3 aliphatic heterocycles. The van der Waals surface area contributed by atoms with E-state index in [2.05, 4.69) is 24.5 Å². The molecule has 3 unspecified atom stereocenters. The highest BCUT2D eigenvalue weighted by Crippen LogP contribution is 2.55. The summed E-state index contributed by atoms with van der Waals surface area (Å²) in [6.45, 7) is 4.33. The van der Waals surface area contributed by atoms with Crippen molar-refractivity contribution in [3.8, 4) is 0 Å². The minimum absolute atomic E-state index is 0.0509. The molecule has 2 saturated heterocycles. The van der Waals surface area contributed by atoms with Gasteiger partial charge in [0.2, 0.25) is 17.7 Å².